The molecule has 2 N–H and O–H groups in total. The first-order valence-corrected chi connectivity index (χ1v) is 9.04. The normalized spacial score (nSPS) is 10.4. The molecular formula is C13H12Cl2N4O2S2. The Morgan fingerprint density at radius 3 is 2.65 bits per heavy atom. The van der Waals surface area contributed by atoms with Crippen LogP contribution in [0.2, 0.25) is 10.0 Å². The number of aromatic nitrogens is 2. The van der Waals surface area contributed by atoms with Crippen molar-refractivity contribution in [1.82, 2.24) is 10.2 Å². The lowest BCUT2D eigenvalue weighted by molar-refractivity contribution is -0.116. The van der Waals surface area contributed by atoms with Crippen LogP contribution in [0.1, 0.15) is 13.3 Å². The summed E-state index contributed by atoms with van der Waals surface area (Å²) in [5.74, 6) is -0.172. The Bertz CT molecular complexity index is 724. The fourth-order valence-electron chi connectivity index (χ4n) is 1.42. The Balaban J connectivity index is 1.84. The minimum atomic E-state index is -0.206. The number of amides is 2. The molecule has 0 atom stereocenters. The topological polar surface area (TPSA) is 84.0 Å². The van der Waals surface area contributed by atoms with Crippen molar-refractivity contribution < 1.29 is 9.59 Å². The summed E-state index contributed by atoms with van der Waals surface area (Å²) in [7, 11) is 0. The largest absolute Gasteiger partial charge is 0.325 e. The van der Waals surface area contributed by atoms with Gasteiger partial charge in [-0.25, -0.2) is 0 Å². The molecule has 23 heavy (non-hydrogen) atoms. The molecule has 0 saturated carbocycles. The molecule has 1 heterocycles. The highest BCUT2D eigenvalue weighted by molar-refractivity contribution is 8.01. The second-order valence-corrected chi connectivity index (χ2v) is 7.25. The molecule has 0 radical (unpaired) electrons. The van der Waals surface area contributed by atoms with Gasteiger partial charge in [-0.2, -0.15) is 0 Å². The van der Waals surface area contributed by atoms with Crippen LogP contribution in [0.4, 0.5) is 10.8 Å². The molecule has 122 valence electrons. The molecule has 1 aromatic heterocycles. The summed E-state index contributed by atoms with van der Waals surface area (Å²) in [6.07, 6.45) is 0.369. The zero-order valence-electron chi connectivity index (χ0n) is 11.9. The average molecular weight is 391 g/mol. The van der Waals surface area contributed by atoms with Crippen LogP contribution >= 0.6 is 46.3 Å². The number of anilines is 2. The third kappa shape index (κ3) is 5.65. The van der Waals surface area contributed by atoms with E-state index < -0.39 is 0 Å². The van der Waals surface area contributed by atoms with Gasteiger partial charge in [-0.1, -0.05) is 53.2 Å². The minimum absolute atomic E-state index is 0.130. The van der Waals surface area contributed by atoms with Crippen LogP contribution in [0.3, 0.4) is 0 Å². The van der Waals surface area contributed by atoms with E-state index in [4.69, 9.17) is 23.2 Å². The lowest BCUT2D eigenvalue weighted by atomic mass is 10.3. The predicted molar refractivity (Wildman–Crippen MR) is 94.6 cm³/mol. The van der Waals surface area contributed by atoms with Crippen molar-refractivity contribution in [2.75, 3.05) is 16.4 Å². The van der Waals surface area contributed by atoms with E-state index in [9.17, 15) is 9.59 Å². The molecule has 0 unspecified atom stereocenters. The SMILES string of the molecule is CCC(=O)Nc1nnc(SCC(=O)Nc2ccc(Cl)c(Cl)c2)s1. The van der Waals surface area contributed by atoms with E-state index >= 15 is 0 Å². The molecule has 0 fully saturated rings. The van der Waals surface area contributed by atoms with E-state index in [1.165, 1.54) is 23.1 Å². The van der Waals surface area contributed by atoms with Gasteiger partial charge in [-0.15, -0.1) is 10.2 Å². The van der Waals surface area contributed by atoms with Gasteiger partial charge < -0.3 is 10.6 Å². The first kappa shape index (κ1) is 18.0. The summed E-state index contributed by atoms with van der Waals surface area (Å²) in [6.45, 7) is 1.75. The Morgan fingerprint density at radius 2 is 1.96 bits per heavy atom. The molecule has 0 saturated heterocycles. The highest BCUT2D eigenvalue weighted by atomic mass is 35.5. The number of nitrogens with zero attached hydrogens (tertiary/aromatic N) is 2. The molecule has 1 aromatic carbocycles. The average Bonchev–Trinajstić information content (AvgIpc) is 2.96. The van der Waals surface area contributed by atoms with E-state index in [1.54, 1.807) is 25.1 Å². The summed E-state index contributed by atoms with van der Waals surface area (Å²) >= 11 is 14.2. The van der Waals surface area contributed by atoms with Crippen LogP contribution in [0.15, 0.2) is 22.5 Å². The molecule has 0 spiro atoms. The number of benzene rings is 1. The Kier molecular flexibility index (Phi) is 6.64. The van der Waals surface area contributed by atoms with Crippen molar-refractivity contribution in [1.29, 1.82) is 0 Å². The third-order valence-corrected chi connectivity index (χ3v) is 5.22. The summed E-state index contributed by atoms with van der Waals surface area (Å²) in [6, 6.07) is 4.86. The predicted octanol–water partition coefficient (Wildman–Crippen LogP) is 3.92. The zero-order chi connectivity index (χ0) is 16.8. The lowest BCUT2D eigenvalue weighted by Crippen LogP contribution is -2.13. The van der Waals surface area contributed by atoms with Crippen LogP contribution in [-0.4, -0.2) is 27.8 Å². The molecule has 10 heteroatoms. The van der Waals surface area contributed by atoms with Crippen molar-refractivity contribution in [2.45, 2.75) is 17.7 Å². The number of rotatable bonds is 6. The summed E-state index contributed by atoms with van der Waals surface area (Å²) in [5.41, 5.74) is 0.568. The van der Waals surface area contributed by atoms with Crippen LogP contribution in [0.25, 0.3) is 0 Å². The van der Waals surface area contributed by atoms with Gasteiger partial charge in [-0.05, 0) is 18.2 Å². The number of hydrogen-bond acceptors (Lipinski definition) is 6. The lowest BCUT2D eigenvalue weighted by Gasteiger charge is -2.05. The first-order valence-electron chi connectivity index (χ1n) is 6.49. The highest BCUT2D eigenvalue weighted by Crippen LogP contribution is 2.27. The van der Waals surface area contributed by atoms with E-state index in [-0.39, 0.29) is 17.6 Å². The van der Waals surface area contributed by atoms with Gasteiger partial charge in [0.15, 0.2) is 4.34 Å². The summed E-state index contributed by atoms with van der Waals surface area (Å²) in [4.78, 5) is 23.1. The molecule has 0 bridgehead atoms. The minimum Gasteiger partial charge on any atom is -0.325 e. The summed E-state index contributed by atoms with van der Waals surface area (Å²) < 4.78 is 0.598. The second-order valence-electron chi connectivity index (χ2n) is 4.24. The number of halogens is 2. The van der Waals surface area contributed by atoms with Gasteiger partial charge in [0.25, 0.3) is 0 Å². The van der Waals surface area contributed by atoms with E-state index in [1.807, 2.05) is 0 Å². The molecule has 2 aromatic rings. The van der Waals surface area contributed by atoms with E-state index in [2.05, 4.69) is 20.8 Å². The molecular weight excluding hydrogens is 379 g/mol. The summed E-state index contributed by atoms with van der Waals surface area (Å²) in [5, 5.41) is 14.3. The van der Waals surface area contributed by atoms with Crippen LogP contribution < -0.4 is 10.6 Å². The molecule has 0 aliphatic rings. The van der Waals surface area contributed by atoms with Crippen molar-refractivity contribution in [3.63, 3.8) is 0 Å². The van der Waals surface area contributed by atoms with Gasteiger partial charge in [0.2, 0.25) is 16.9 Å². The standard InChI is InChI=1S/C13H12Cl2N4O2S2/c1-2-10(20)17-12-18-19-13(23-12)22-6-11(21)16-7-3-4-8(14)9(15)5-7/h3-5H,2,6H2,1H3,(H,16,21)(H,17,18,20). The van der Waals surface area contributed by atoms with Crippen molar-refractivity contribution in [3.8, 4) is 0 Å². The molecule has 6 nitrogen and oxygen atoms in total. The first-order chi connectivity index (χ1) is 11.0. The van der Waals surface area contributed by atoms with E-state index in [0.29, 0.717) is 31.6 Å². The smallest absolute Gasteiger partial charge is 0.234 e. The van der Waals surface area contributed by atoms with Crippen molar-refractivity contribution >= 4 is 68.9 Å². The van der Waals surface area contributed by atoms with Crippen LogP contribution in [0, 0.1) is 0 Å². The third-order valence-electron chi connectivity index (χ3n) is 2.50. The van der Waals surface area contributed by atoms with E-state index in [0.717, 1.165) is 0 Å². The number of thioether (sulfide) groups is 1. The maximum atomic E-state index is 11.9. The monoisotopic (exact) mass is 390 g/mol. The number of carbonyl (C=O) groups excluding carboxylic acids is 2. The maximum Gasteiger partial charge on any atom is 0.234 e. The fourth-order valence-corrected chi connectivity index (χ4v) is 3.29. The molecule has 0 aliphatic heterocycles. The van der Waals surface area contributed by atoms with Crippen LogP contribution in [0.5, 0.6) is 0 Å². The number of carbonyl (C=O) groups is 2. The molecule has 0 aliphatic carbocycles. The second kappa shape index (κ2) is 8.49. The van der Waals surface area contributed by atoms with Gasteiger partial charge >= 0.3 is 0 Å². The van der Waals surface area contributed by atoms with Gasteiger partial charge in [0.1, 0.15) is 0 Å². The Hall–Kier alpha value is -1.35. The fraction of sp³-hybridized carbons (Fsp3) is 0.231. The highest BCUT2D eigenvalue weighted by Gasteiger charge is 2.10. The zero-order valence-corrected chi connectivity index (χ0v) is 15.1. The maximum absolute atomic E-state index is 11.9. The molecule has 2 rings (SSSR count). The van der Waals surface area contributed by atoms with Gasteiger partial charge in [-0.3, -0.25) is 9.59 Å². The van der Waals surface area contributed by atoms with Gasteiger partial charge in [0, 0.05) is 12.1 Å². The Morgan fingerprint density at radius 1 is 1.17 bits per heavy atom. The van der Waals surface area contributed by atoms with Crippen molar-refractivity contribution in [2.24, 2.45) is 0 Å². The number of hydrogen-bond donors (Lipinski definition) is 2. The Labute approximate surface area is 151 Å². The molecule has 2 amide bonds. The van der Waals surface area contributed by atoms with Gasteiger partial charge in [0.05, 0.1) is 15.8 Å². The number of nitrogens with one attached hydrogen (secondary N) is 2. The van der Waals surface area contributed by atoms with Crippen LogP contribution in [-0.2, 0) is 9.59 Å². The quantitative estimate of drug-likeness (QED) is 0.576. The van der Waals surface area contributed by atoms with Crippen molar-refractivity contribution in [3.05, 3.63) is 28.2 Å².